The first-order valence-electron chi connectivity index (χ1n) is 9.02. The lowest BCUT2D eigenvalue weighted by Gasteiger charge is -2.22. The SMILES string of the molecule is CCCN(C(=O)CCc1nc(-c2ccc(C)cc2)no1)c1cccc(Cl)c1. The largest absolute Gasteiger partial charge is 0.339 e. The van der Waals surface area contributed by atoms with Crippen LogP contribution in [0.25, 0.3) is 11.4 Å². The van der Waals surface area contributed by atoms with Gasteiger partial charge < -0.3 is 9.42 Å². The van der Waals surface area contributed by atoms with Gasteiger partial charge in [-0.05, 0) is 31.5 Å². The molecule has 140 valence electrons. The number of nitrogens with zero attached hydrogens (tertiary/aromatic N) is 3. The Kier molecular flexibility index (Phi) is 6.24. The number of carbonyl (C=O) groups is 1. The summed E-state index contributed by atoms with van der Waals surface area (Å²) in [7, 11) is 0. The van der Waals surface area contributed by atoms with Crippen LogP contribution in [0.4, 0.5) is 5.69 Å². The van der Waals surface area contributed by atoms with E-state index in [4.69, 9.17) is 16.1 Å². The predicted molar refractivity (Wildman–Crippen MR) is 107 cm³/mol. The summed E-state index contributed by atoms with van der Waals surface area (Å²) in [6.07, 6.45) is 1.55. The van der Waals surface area contributed by atoms with Gasteiger partial charge in [0.25, 0.3) is 0 Å². The number of rotatable bonds is 7. The fraction of sp³-hybridized carbons (Fsp3) is 0.286. The van der Waals surface area contributed by atoms with Gasteiger partial charge in [0.15, 0.2) is 0 Å². The van der Waals surface area contributed by atoms with Gasteiger partial charge in [-0.25, -0.2) is 0 Å². The Morgan fingerprint density at radius 1 is 1.19 bits per heavy atom. The lowest BCUT2D eigenvalue weighted by molar-refractivity contribution is -0.118. The zero-order valence-electron chi connectivity index (χ0n) is 15.5. The molecule has 0 saturated carbocycles. The Morgan fingerprint density at radius 2 is 1.96 bits per heavy atom. The van der Waals surface area contributed by atoms with Crippen molar-refractivity contribution in [2.75, 3.05) is 11.4 Å². The van der Waals surface area contributed by atoms with E-state index in [0.717, 1.165) is 17.7 Å². The van der Waals surface area contributed by atoms with E-state index in [1.165, 1.54) is 5.56 Å². The average molecular weight is 384 g/mol. The van der Waals surface area contributed by atoms with Crippen molar-refractivity contribution in [1.82, 2.24) is 10.1 Å². The molecule has 0 saturated heterocycles. The second-order valence-corrected chi connectivity index (χ2v) is 6.84. The predicted octanol–water partition coefficient (Wildman–Crippen LogP) is 5.07. The molecule has 0 aliphatic rings. The van der Waals surface area contributed by atoms with Crippen molar-refractivity contribution >= 4 is 23.2 Å². The van der Waals surface area contributed by atoms with Crippen LogP contribution in [0.5, 0.6) is 0 Å². The molecule has 0 aliphatic carbocycles. The number of amides is 1. The lowest BCUT2D eigenvalue weighted by Crippen LogP contribution is -2.31. The van der Waals surface area contributed by atoms with E-state index in [-0.39, 0.29) is 5.91 Å². The van der Waals surface area contributed by atoms with Crippen LogP contribution in [0.2, 0.25) is 5.02 Å². The second-order valence-electron chi connectivity index (χ2n) is 6.40. The summed E-state index contributed by atoms with van der Waals surface area (Å²) in [5.41, 5.74) is 2.87. The summed E-state index contributed by atoms with van der Waals surface area (Å²) in [6, 6.07) is 15.3. The first-order valence-corrected chi connectivity index (χ1v) is 9.40. The summed E-state index contributed by atoms with van der Waals surface area (Å²) in [5.74, 6) is 1.01. The van der Waals surface area contributed by atoms with Crippen LogP contribution in [0.3, 0.4) is 0 Å². The van der Waals surface area contributed by atoms with Gasteiger partial charge in [0.1, 0.15) is 0 Å². The molecule has 0 bridgehead atoms. The lowest BCUT2D eigenvalue weighted by atomic mass is 10.1. The first kappa shape index (κ1) is 19.1. The van der Waals surface area contributed by atoms with Crippen molar-refractivity contribution < 1.29 is 9.32 Å². The number of benzene rings is 2. The third-order valence-corrected chi connectivity index (χ3v) is 4.43. The fourth-order valence-corrected chi connectivity index (χ4v) is 2.98. The molecule has 1 amide bonds. The van der Waals surface area contributed by atoms with Crippen LogP contribution in [-0.4, -0.2) is 22.6 Å². The molecule has 0 atom stereocenters. The van der Waals surface area contributed by atoms with Crippen molar-refractivity contribution in [3.8, 4) is 11.4 Å². The number of anilines is 1. The Morgan fingerprint density at radius 3 is 2.67 bits per heavy atom. The molecular formula is C21H22ClN3O2. The van der Waals surface area contributed by atoms with Crippen LogP contribution < -0.4 is 4.90 Å². The van der Waals surface area contributed by atoms with Gasteiger partial charge >= 0.3 is 0 Å². The number of aromatic nitrogens is 2. The normalized spacial score (nSPS) is 10.8. The van der Waals surface area contributed by atoms with Crippen molar-refractivity contribution in [3.05, 3.63) is 65.0 Å². The molecule has 0 spiro atoms. The molecule has 3 aromatic rings. The average Bonchev–Trinajstić information content (AvgIpc) is 3.14. The Labute approximate surface area is 164 Å². The quantitative estimate of drug-likeness (QED) is 0.571. The third-order valence-electron chi connectivity index (χ3n) is 4.20. The third kappa shape index (κ3) is 4.95. The molecule has 0 N–H and O–H groups in total. The van der Waals surface area contributed by atoms with E-state index in [1.807, 2.05) is 50.2 Å². The minimum Gasteiger partial charge on any atom is -0.339 e. The number of halogens is 1. The minimum atomic E-state index is 0.00852. The van der Waals surface area contributed by atoms with E-state index in [0.29, 0.717) is 36.1 Å². The van der Waals surface area contributed by atoms with Gasteiger partial charge in [0, 0.05) is 35.7 Å². The van der Waals surface area contributed by atoms with Gasteiger partial charge in [-0.2, -0.15) is 4.98 Å². The van der Waals surface area contributed by atoms with Crippen molar-refractivity contribution in [1.29, 1.82) is 0 Å². The van der Waals surface area contributed by atoms with Crippen molar-refractivity contribution in [3.63, 3.8) is 0 Å². The highest BCUT2D eigenvalue weighted by Gasteiger charge is 2.17. The van der Waals surface area contributed by atoms with Gasteiger partial charge in [0.2, 0.25) is 17.6 Å². The van der Waals surface area contributed by atoms with Gasteiger partial charge in [-0.1, -0.05) is 59.6 Å². The fourth-order valence-electron chi connectivity index (χ4n) is 2.79. The molecule has 1 heterocycles. The first-order chi connectivity index (χ1) is 13.1. The molecule has 1 aromatic heterocycles. The van der Waals surface area contributed by atoms with Crippen molar-refractivity contribution in [2.24, 2.45) is 0 Å². The minimum absolute atomic E-state index is 0.00852. The number of hydrogen-bond acceptors (Lipinski definition) is 4. The van der Waals surface area contributed by atoms with E-state index in [2.05, 4.69) is 10.1 Å². The molecule has 5 nitrogen and oxygen atoms in total. The smallest absolute Gasteiger partial charge is 0.227 e. The Balaban J connectivity index is 1.66. The van der Waals surface area contributed by atoms with E-state index >= 15 is 0 Å². The molecule has 0 unspecified atom stereocenters. The highest BCUT2D eigenvalue weighted by molar-refractivity contribution is 6.30. The summed E-state index contributed by atoms with van der Waals surface area (Å²) < 4.78 is 5.31. The summed E-state index contributed by atoms with van der Waals surface area (Å²) in [5, 5.41) is 4.63. The van der Waals surface area contributed by atoms with Crippen LogP contribution in [0.15, 0.2) is 53.1 Å². The molecule has 0 aliphatic heterocycles. The van der Waals surface area contributed by atoms with E-state index in [1.54, 1.807) is 17.0 Å². The van der Waals surface area contributed by atoms with Crippen LogP contribution in [0.1, 0.15) is 31.2 Å². The highest BCUT2D eigenvalue weighted by Crippen LogP contribution is 2.21. The van der Waals surface area contributed by atoms with Gasteiger partial charge in [0.05, 0.1) is 0 Å². The molecule has 2 aromatic carbocycles. The standard InChI is InChI=1S/C21H22ClN3O2/c1-3-13-25(18-6-4-5-17(22)14-18)20(26)12-11-19-23-21(24-27-19)16-9-7-15(2)8-10-16/h4-10,14H,3,11-13H2,1-2H3. The maximum atomic E-state index is 12.7. The zero-order valence-corrected chi connectivity index (χ0v) is 16.2. The number of hydrogen-bond donors (Lipinski definition) is 0. The number of aryl methyl sites for hydroxylation is 2. The molecule has 3 rings (SSSR count). The summed E-state index contributed by atoms with van der Waals surface area (Å²) in [6.45, 7) is 4.70. The van der Waals surface area contributed by atoms with Crippen LogP contribution >= 0.6 is 11.6 Å². The second kappa shape index (κ2) is 8.82. The Hall–Kier alpha value is -2.66. The Bertz CT molecular complexity index is 906. The van der Waals surface area contributed by atoms with Crippen molar-refractivity contribution in [2.45, 2.75) is 33.1 Å². The van der Waals surface area contributed by atoms with Gasteiger partial charge in [-0.15, -0.1) is 0 Å². The van der Waals surface area contributed by atoms with E-state index < -0.39 is 0 Å². The maximum absolute atomic E-state index is 12.7. The van der Waals surface area contributed by atoms with E-state index in [9.17, 15) is 4.79 Å². The van der Waals surface area contributed by atoms with Crippen LogP contribution in [0, 0.1) is 6.92 Å². The summed E-state index contributed by atoms with van der Waals surface area (Å²) >= 11 is 6.07. The van der Waals surface area contributed by atoms with Gasteiger partial charge in [-0.3, -0.25) is 4.79 Å². The molecule has 0 radical (unpaired) electrons. The molecule has 27 heavy (non-hydrogen) atoms. The summed E-state index contributed by atoms with van der Waals surface area (Å²) in [4.78, 5) is 18.9. The molecule has 0 fully saturated rings. The number of carbonyl (C=O) groups excluding carboxylic acids is 1. The van der Waals surface area contributed by atoms with Crippen LogP contribution in [-0.2, 0) is 11.2 Å². The maximum Gasteiger partial charge on any atom is 0.227 e. The monoisotopic (exact) mass is 383 g/mol. The molecular weight excluding hydrogens is 362 g/mol. The zero-order chi connectivity index (χ0) is 19.2. The molecule has 6 heteroatoms. The highest BCUT2D eigenvalue weighted by atomic mass is 35.5. The topological polar surface area (TPSA) is 59.2 Å².